The van der Waals surface area contributed by atoms with Crippen LogP contribution >= 0.6 is 11.8 Å². The number of hydrogen-bond acceptors (Lipinski definition) is 7. The second kappa shape index (κ2) is 9.28. The summed E-state index contributed by atoms with van der Waals surface area (Å²) in [4.78, 5) is 12.6. The lowest BCUT2D eigenvalue weighted by Gasteiger charge is -2.12. The first-order valence-electron chi connectivity index (χ1n) is 8.95. The topological polar surface area (TPSA) is 123 Å². The molecule has 0 spiro atoms. The van der Waals surface area contributed by atoms with Crippen LogP contribution < -0.4 is 11.1 Å². The lowest BCUT2D eigenvalue weighted by atomic mass is 10.2. The van der Waals surface area contributed by atoms with Crippen LogP contribution in [0.5, 0.6) is 0 Å². The fraction of sp³-hybridized carbons (Fsp3) is 0.211. The number of rotatable bonds is 8. The predicted molar refractivity (Wildman–Crippen MR) is 116 cm³/mol. The monoisotopic (exact) mass is 446 g/mol. The van der Waals surface area contributed by atoms with Crippen molar-refractivity contribution in [1.29, 1.82) is 0 Å². The zero-order valence-corrected chi connectivity index (χ0v) is 18.2. The van der Waals surface area contributed by atoms with Crippen LogP contribution in [-0.4, -0.2) is 47.5 Å². The zero-order valence-electron chi connectivity index (χ0n) is 16.5. The van der Waals surface area contributed by atoms with E-state index in [4.69, 9.17) is 5.73 Å². The molecule has 0 aliphatic heterocycles. The highest BCUT2D eigenvalue weighted by atomic mass is 32.2. The van der Waals surface area contributed by atoms with Crippen molar-refractivity contribution >= 4 is 39.3 Å². The third kappa shape index (κ3) is 5.17. The van der Waals surface area contributed by atoms with Crippen molar-refractivity contribution in [2.75, 3.05) is 25.1 Å². The van der Waals surface area contributed by atoms with Crippen molar-refractivity contribution in [1.82, 2.24) is 19.1 Å². The van der Waals surface area contributed by atoms with Crippen molar-refractivity contribution in [3.63, 3.8) is 0 Å². The number of thioether (sulfide) groups is 1. The van der Waals surface area contributed by atoms with E-state index in [9.17, 15) is 13.2 Å². The minimum absolute atomic E-state index is 0.0618. The first-order valence-corrected chi connectivity index (χ1v) is 11.4. The van der Waals surface area contributed by atoms with E-state index in [1.165, 1.54) is 54.7 Å². The van der Waals surface area contributed by atoms with E-state index in [1.807, 2.05) is 30.3 Å². The molecule has 1 aromatic heterocycles. The van der Waals surface area contributed by atoms with Gasteiger partial charge in [0.25, 0.3) is 0 Å². The first-order chi connectivity index (χ1) is 14.3. The Morgan fingerprint density at radius 3 is 2.40 bits per heavy atom. The normalized spacial score (nSPS) is 11.6. The summed E-state index contributed by atoms with van der Waals surface area (Å²) in [5, 5.41) is 11.2. The molecule has 3 N–H and O–H groups in total. The van der Waals surface area contributed by atoms with Gasteiger partial charge in [-0.3, -0.25) is 9.36 Å². The zero-order chi connectivity index (χ0) is 21.7. The summed E-state index contributed by atoms with van der Waals surface area (Å²) in [5.41, 5.74) is 7.47. The van der Waals surface area contributed by atoms with Gasteiger partial charge in [-0.1, -0.05) is 42.1 Å². The number of amides is 1. The van der Waals surface area contributed by atoms with Gasteiger partial charge in [-0.05, 0) is 29.8 Å². The Labute approximate surface area is 179 Å². The smallest absolute Gasteiger partial charge is 0.244 e. The molecule has 30 heavy (non-hydrogen) atoms. The number of anilines is 2. The Balaban J connectivity index is 1.64. The van der Waals surface area contributed by atoms with Gasteiger partial charge in [0.15, 0.2) is 5.16 Å². The predicted octanol–water partition coefficient (Wildman–Crippen LogP) is 2.04. The fourth-order valence-electron chi connectivity index (χ4n) is 2.54. The van der Waals surface area contributed by atoms with Crippen molar-refractivity contribution in [2.24, 2.45) is 0 Å². The Morgan fingerprint density at radius 1 is 1.10 bits per heavy atom. The van der Waals surface area contributed by atoms with Crippen LogP contribution in [0.25, 0.3) is 0 Å². The molecule has 0 aliphatic rings. The summed E-state index contributed by atoms with van der Waals surface area (Å²) in [6, 6.07) is 15.8. The summed E-state index contributed by atoms with van der Waals surface area (Å²) in [6.45, 7) is -0.0618. The van der Waals surface area contributed by atoms with Crippen LogP contribution in [-0.2, 0) is 27.1 Å². The van der Waals surface area contributed by atoms with E-state index in [0.717, 1.165) is 9.87 Å². The molecular weight excluding hydrogens is 424 g/mol. The number of aromatic nitrogens is 3. The van der Waals surface area contributed by atoms with Crippen LogP contribution in [0.15, 0.2) is 64.6 Å². The fourth-order valence-corrected chi connectivity index (χ4v) is 4.35. The standard InChI is InChI=1S/C19H22N6O3S2/c1-24(2)30(27,28)16-10-8-15(9-11-16)21-17(26)12-25-18(20)22-23-19(25)29-13-14-6-4-3-5-7-14/h3-11H,12-13H2,1-2H3,(H2,20,22)(H,21,26). The maximum Gasteiger partial charge on any atom is 0.244 e. The third-order valence-corrected chi connectivity index (χ3v) is 7.04. The molecule has 11 heteroatoms. The lowest BCUT2D eigenvalue weighted by molar-refractivity contribution is -0.116. The molecule has 9 nitrogen and oxygen atoms in total. The van der Waals surface area contributed by atoms with Gasteiger partial charge >= 0.3 is 0 Å². The van der Waals surface area contributed by atoms with Crippen LogP contribution in [0.4, 0.5) is 11.6 Å². The lowest BCUT2D eigenvalue weighted by Crippen LogP contribution is -2.22. The van der Waals surface area contributed by atoms with E-state index in [-0.39, 0.29) is 23.3 Å². The van der Waals surface area contributed by atoms with Gasteiger partial charge in [0, 0.05) is 25.5 Å². The molecule has 0 radical (unpaired) electrons. The largest absolute Gasteiger partial charge is 0.368 e. The number of hydrogen-bond donors (Lipinski definition) is 2. The Bertz CT molecular complexity index is 1110. The maximum atomic E-state index is 12.5. The molecule has 3 aromatic rings. The van der Waals surface area contributed by atoms with Gasteiger partial charge in [-0.2, -0.15) is 0 Å². The van der Waals surface area contributed by atoms with Gasteiger partial charge in [-0.25, -0.2) is 12.7 Å². The second-order valence-corrected chi connectivity index (χ2v) is 9.66. The van der Waals surface area contributed by atoms with Gasteiger partial charge in [0.1, 0.15) is 6.54 Å². The van der Waals surface area contributed by atoms with Crippen molar-refractivity contribution in [2.45, 2.75) is 22.3 Å². The highest BCUT2D eigenvalue weighted by Crippen LogP contribution is 2.23. The van der Waals surface area contributed by atoms with E-state index in [2.05, 4.69) is 15.5 Å². The van der Waals surface area contributed by atoms with Crippen molar-refractivity contribution in [3.8, 4) is 0 Å². The van der Waals surface area contributed by atoms with Crippen LogP contribution in [0.1, 0.15) is 5.56 Å². The number of carbonyl (C=O) groups is 1. The molecule has 0 atom stereocenters. The molecule has 0 unspecified atom stereocenters. The first kappa shape index (κ1) is 21.8. The molecule has 1 amide bonds. The summed E-state index contributed by atoms with van der Waals surface area (Å²) in [7, 11) is -0.602. The van der Waals surface area contributed by atoms with E-state index < -0.39 is 10.0 Å². The summed E-state index contributed by atoms with van der Waals surface area (Å²) in [6.07, 6.45) is 0. The molecule has 0 fully saturated rings. The van der Waals surface area contributed by atoms with Gasteiger partial charge in [-0.15, -0.1) is 10.2 Å². The Morgan fingerprint density at radius 2 is 1.77 bits per heavy atom. The van der Waals surface area contributed by atoms with Gasteiger partial charge in [0.05, 0.1) is 4.90 Å². The number of carbonyl (C=O) groups excluding carboxylic acids is 1. The molecule has 158 valence electrons. The Hall–Kier alpha value is -2.89. The second-order valence-electron chi connectivity index (χ2n) is 6.56. The maximum absolute atomic E-state index is 12.5. The molecule has 0 saturated carbocycles. The van der Waals surface area contributed by atoms with E-state index in [1.54, 1.807) is 0 Å². The minimum atomic E-state index is -3.52. The third-order valence-electron chi connectivity index (χ3n) is 4.17. The molecule has 0 saturated heterocycles. The summed E-state index contributed by atoms with van der Waals surface area (Å²) < 4.78 is 26.9. The quantitative estimate of drug-likeness (QED) is 0.508. The number of nitrogens with zero attached hydrogens (tertiary/aromatic N) is 4. The highest BCUT2D eigenvalue weighted by Gasteiger charge is 2.17. The van der Waals surface area contributed by atoms with Crippen molar-refractivity contribution < 1.29 is 13.2 Å². The average molecular weight is 447 g/mol. The number of sulfonamides is 1. The average Bonchev–Trinajstić information content (AvgIpc) is 3.07. The highest BCUT2D eigenvalue weighted by molar-refractivity contribution is 7.98. The van der Waals surface area contributed by atoms with E-state index in [0.29, 0.717) is 16.6 Å². The minimum Gasteiger partial charge on any atom is -0.368 e. The van der Waals surface area contributed by atoms with Crippen LogP contribution in [0, 0.1) is 0 Å². The molecule has 0 bridgehead atoms. The summed E-state index contributed by atoms with van der Waals surface area (Å²) >= 11 is 1.43. The molecule has 0 aliphatic carbocycles. The number of nitrogens with one attached hydrogen (secondary N) is 1. The molecule has 3 rings (SSSR count). The summed E-state index contributed by atoms with van der Waals surface area (Å²) in [5.74, 6) is 0.488. The number of nitrogen functional groups attached to an aromatic ring is 1. The SMILES string of the molecule is CN(C)S(=O)(=O)c1ccc(NC(=O)Cn2c(N)nnc2SCc2ccccc2)cc1. The van der Waals surface area contributed by atoms with Gasteiger partial charge in [0.2, 0.25) is 21.9 Å². The van der Waals surface area contributed by atoms with Gasteiger partial charge < -0.3 is 11.1 Å². The van der Waals surface area contributed by atoms with Crippen LogP contribution in [0.2, 0.25) is 0 Å². The van der Waals surface area contributed by atoms with Crippen LogP contribution in [0.3, 0.4) is 0 Å². The Kier molecular flexibility index (Phi) is 6.75. The molecular formula is C19H22N6O3S2. The molecule has 1 heterocycles. The van der Waals surface area contributed by atoms with E-state index >= 15 is 0 Å². The van der Waals surface area contributed by atoms with Crippen molar-refractivity contribution in [3.05, 3.63) is 60.2 Å². The molecule has 2 aromatic carbocycles. The number of nitrogens with two attached hydrogens (primary N) is 1. The number of benzene rings is 2.